The number of carbonyl (C=O) groups is 2. The van der Waals surface area contributed by atoms with Crippen molar-refractivity contribution in [2.75, 3.05) is 11.6 Å². The molecular formula is C30H35N3O2. The Morgan fingerprint density at radius 1 is 0.914 bits per heavy atom. The number of anilines is 1. The molecule has 2 amide bonds. The smallest absolute Gasteiger partial charge is 0.255 e. The molecule has 0 bridgehead atoms. The van der Waals surface area contributed by atoms with Gasteiger partial charge < -0.3 is 5.32 Å². The number of rotatable bonds is 9. The van der Waals surface area contributed by atoms with E-state index in [-0.39, 0.29) is 17.7 Å². The largest absolute Gasteiger partial charge is 0.306 e. The molecule has 1 heterocycles. The van der Waals surface area contributed by atoms with Crippen LogP contribution < -0.4 is 15.8 Å². The summed E-state index contributed by atoms with van der Waals surface area (Å²) in [6.45, 7) is 6.67. The van der Waals surface area contributed by atoms with Gasteiger partial charge in [0.1, 0.15) is 0 Å². The Morgan fingerprint density at radius 2 is 1.57 bits per heavy atom. The van der Waals surface area contributed by atoms with Crippen LogP contribution in [0.4, 0.5) is 5.69 Å². The highest BCUT2D eigenvalue weighted by Crippen LogP contribution is 2.40. The molecule has 0 saturated heterocycles. The molecule has 0 radical (unpaired) electrons. The normalized spacial score (nSPS) is 16.6. The average molecular weight is 470 g/mol. The molecule has 35 heavy (non-hydrogen) atoms. The molecule has 4 rings (SSSR count). The van der Waals surface area contributed by atoms with Crippen LogP contribution in [0.1, 0.15) is 63.0 Å². The van der Waals surface area contributed by atoms with Gasteiger partial charge in [-0.3, -0.25) is 15.0 Å². The van der Waals surface area contributed by atoms with E-state index in [0.717, 1.165) is 42.5 Å². The van der Waals surface area contributed by atoms with E-state index >= 15 is 0 Å². The minimum absolute atomic E-state index is 0.143. The number of hydrogen-bond acceptors (Lipinski definition) is 3. The van der Waals surface area contributed by atoms with Gasteiger partial charge >= 0.3 is 0 Å². The molecule has 1 aliphatic rings. The van der Waals surface area contributed by atoms with Crippen molar-refractivity contribution in [2.45, 2.75) is 57.9 Å². The highest BCUT2D eigenvalue weighted by molar-refractivity contribution is 6.06. The average Bonchev–Trinajstić information content (AvgIpc) is 2.98. The Balaban J connectivity index is 1.45. The van der Waals surface area contributed by atoms with E-state index in [9.17, 15) is 9.59 Å². The predicted molar refractivity (Wildman–Crippen MR) is 142 cm³/mol. The molecule has 1 aliphatic heterocycles. The molecule has 182 valence electrons. The van der Waals surface area contributed by atoms with Crippen molar-refractivity contribution < 1.29 is 9.59 Å². The molecule has 0 saturated carbocycles. The van der Waals surface area contributed by atoms with Gasteiger partial charge in [0.05, 0.1) is 17.6 Å². The van der Waals surface area contributed by atoms with Crippen LogP contribution in [0, 0.1) is 0 Å². The lowest BCUT2D eigenvalue weighted by molar-refractivity contribution is -0.127. The summed E-state index contributed by atoms with van der Waals surface area (Å²) in [6.07, 6.45) is 3.18. The molecule has 0 aliphatic carbocycles. The summed E-state index contributed by atoms with van der Waals surface area (Å²) in [7, 11) is 0. The van der Waals surface area contributed by atoms with Crippen molar-refractivity contribution >= 4 is 17.5 Å². The molecule has 0 fully saturated rings. The van der Waals surface area contributed by atoms with Crippen molar-refractivity contribution in [1.82, 2.24) is 10.7 Å². The van der Waals surface area contributed by atoms with Gasteiger partial charge in [-0.05, 0) is 61.9 Å². The summed E-state index contributed by atoms with van der Waals surface area (Å²) in [5, 5.41) is 4.80. The summed E-state index contributed by atoms with van der Waals surface area (Å²) in [5.74, 6) is -0.279. The second-order valence-electron chi connectivity index (χ2n) is 9.34. The van der Waals surface area contributed by atoms with Crippen molar-refractivity contribution in [3.05, 3.63) is 90.0 Å². The summed E-state index contributed by atoms with van der Waals surface area (Å²) < 4.78 is 0. The molecule has 3 atom stereocenters. The number of amides is 2. The van der Waals surface area contributed by atoms with Gasteiger partial charge in [-0.25, -0.2) is 5.01 Å². The fourth-order valence-corrected chi connectivity index (χ4v) is 4.90. The van der Waals surface area contributed by atoms with Crippen molar-refractivity contribution in [1.29, 1.82) is 0 Å². The summed E-state index contributed by atoms with van der Waals surface area (Å²) in [5.41, 5.74) is 7.87. The van der Waals surface area contributed by atoms with E-state index in [1.54, 1.807) is 0 Å². The van der Waals surface area contributed by atoms with Gasteiger partial charge in [0.25, 0.3) is 11.8 Å². The molecule has 0 aromatic heterocycles. The number of hydrazine groups is 1. The van der Waals surface area contributed by atoms with Crippen LogP contribution in [0.2, 0.25) is 0 Å². The second-order valence-corrected chi connectivity index (χ2v) is 9.34. The lowest BCUT2D eigenvalue weighted by Gasteiger charge is -2.27. The molecule has 3 aromatic rings. The summed E-state index contributed by atoms with van der Waals surface area (Å²) in [6, 6.07) is 25.8. The first-order valence-electron chi connectivity index (χ1n) is 12.6. The summed E-state index contributed by atoms with van der Waals surface area (Å²) in [4.78, 5) is 26.6. The Labute approximate surface area is 208 Å². The van der Waals surface area contributed by atoms with Crippen LogP contribution in [-0.2, 0) is 9.59 Å². The lowest BCUT2D eigenvalue weighted by atomic mass is 9.91. The minimum Gasteiger partial charge on any atom is -0.306 e. The predicted octanol–water partition coefficient (Wildman–Crippen LogP) is 5.79. The lowest BCUT2D eigenvalue weighted by Crippen LogP contribution is -2.53. The Kier molecular flexibility index (Phi) is 7.98. The maximum absolute atomic E-state index is 13.5. The zero-order valence-electron chi connectivity index (χ0n) is 20.8. The van der Waals surface area contributed by atoms with E-state index in [0.29, 0.717) is 11.6 Å². The number of nitrogens with zero attached hydrogens (tertiary/aromatic N) is 1. The van der Waals surface area contributed by atoms with Gasteiger partial charge in [0.2, 0.25) is 0 Å². The van der Waals surface area contributed by atoms with Crippen LogP contribution in [0.5, 0.6) is 0 Å². The van der Waals surface area contributed by atoms with Gasteiger partial charge in [-0.1, -0.05) is 86.1 Å². The SMILES string of the molecule is CCCC(CCN[C@@H](C)C(=O)NN1C(=O)C(C)c2ccccc2-c2ccccc21)c1ccccc1. The maximum atomic E-state index is 13.5. The van der Waals surface area contributed by atoms with Crippen molar-refractivity contribution in [3.8, 4) is 11.1 Å². The van der Waals surface area contributed by atoms with Gasteiger partial charge in [-0.15, -0.1) is 0 Å². The topological polar surface area (TPSA) is 61.4 Å². The van der Waals surface area contributed by atoms with Crippen molar-refractivity contribution in [2.24, 2.45) is 0 Å². The minimum atomic E-state index is -0.436. The fourth-order valence-electron chi connectivity index (χ4n) is 4.90. The van der Waals surface area contributed by atoms with E-state index in [1.807, 2.05) is 68.4 Å². The highest BCUT2D eigenvalue weighted by Gasteiger charge is 2.32. The van der Waals surface area contributed by atoms with E-state index in [2.05, 4.69) is 41.9 Å². The first-order valence-corrected chi connectivity index (χ1v) is 12.6. The number of nitrogens with one attached hydrogen (secondary N) is 2. The molecule has 5 heteroatoms. The Hall–Kier alpha value is -3.44. The van der Waals surface area contributed by atoms with Crippen LogP contribution in [0.25, 0.3) is 11.1 Å². The van der Waals surface area contributed by atoms with E-state index < -0.39 is 6.04 Å². The third-order valence-corrected chi connectivity index (χ3v) is 6.92. The molecule has 0 spiro atoms. The molecule has 2 N–H and O–H groups in total. The third kappa shape index (κ3) is 5.46. The molecule has 5 nitrogen and oxygen atoms in total. The fraction of sp³-hybridized carbons (Fsp3) is 0.333. The standard InChI is InChI=1S/C30H35N3O2/c1-4-12-23(24-13-6-5-7-14-24)19-20-31-22(3)29(34)32-33-28-18-11-10-17-27(28)26-16-9-8-15-25(26)21(2)30(33)35/h5-11,13-18,21-23,31H,4,12,19-20H2,1-3H3,(H,32,34)/t21?,22-,23?/m0/s1. The second kappa shape index (κ2) is 11.3. The monoisotopic (exact) mass is 469 g/mol. The number of carbonyl (C=O) groups excluding carboxylic acids is 2. The quantitative estimate of drug-likeness (QED) is 0.417. The number of fused-ring (bicyclic) bond motifs is 3. The Morgan fingerprint density at radius 3 is 2.31 bits per heavy atom. The van der Waals surface area contributed by atoms with Gasteiger partial charge in [-0.2, -0.15) is 0 Å². The van der Waals surface area contributed by atoms with Crippen LogP contribution in [-0.4, -0.2) is 24.4 Å². The number of para-hydroxylation sites is 1. The zero-order chi connectivity index (χ0) is 24.8. The Bertz CT molecular complexity index is 1160. The summed E-state index contributed by atoms with van der Waals surface area (Å²) >= 11 is 0. The number of hydrogen-bond donors (Lipinski definition) is 2. The van der Waals surface area contributed by atoms with E-state index in [4.69, 9.17) is 0 Å². The van der Waals surface area contributed by atoms with E-state index in [1.165, 1.54) is 10.6 Å². The van der Waals surface area contributed by atoms with Crippen LogP contribution >= 0.6 is 0 Å². The highest BCUT2D eigenvalue weighted by atomic mass is 16.2. The van der Waals surface area contributed by atoms with Crippen LogP contribution in [0.3, 0.4) is 0 Å². The van der Waals surface area contributed by atoms with Gasteiger partial charge in [0, 0.05) is 5.56 Å². The molecule has 2 unspecified atom stereocenters. The van der Waals surface area contributed by atoms with Gasteiger partial charge in [0.15, 0.2) is 0 Å². The van der Waals surface area contributed by atoms with Crippen LogP contribution in [0.15, 0.2) is 78.9 Å². The first kappa shape index (κ1) is 24.7. The first-order chi connectivity index (χ1) is 17.0. The molecule has 3 aromatic carbocycles. The maximum Gasteiger partial charge on any atom is 0.255 e. The third-order valence-electron chi connectivity index (χ3n) is 6.92. The number of benzene rings is 3. The van der Waals surface area contributed by atoms with Crippen molar-refractivity contribution in [3.63, 3.8) is 0 Å². The molecular weight excluding hydrogens is 434 g/mol. The zero-order valence-corrected chi connectivity index (χ0v) is 20.8.